The Bertz CT molecular complexity index is 709. The first-order valence-corrected chi connectivity index (χ1v) is 7.67. The lowest BCUT2D eigenvalue weighted by Gasteiger charge is -2.33. The van der Waals surface area contributed by atoms with Gasteiger partial charge in [-0.15, -0.1) is 0 Å². The second-order valence-corrected chi connectivity index (χ2v) is 6.33. The Morgan fingerprint density at radius 3 is 2.61 bits per heavy atom. The van der Waals surface area contributed by atoms with Gasteiger partial charge in [0.15, 0.2) is 11.5 Å². The van der Waals surface area contributed by atoms with E-state index in [4.69, 9.17) is 4.42 Å². The van der Waals surface area contributed by atoms with E-state index in [1.54, 1.807) is 6.07 Å². The number of hydrogen-bond donors (Lipinski definition) is 2. The van der Waals surface area contributed by atoms with Gasteiger partial charge in [0.05, 0.1) is 6.10 Å². The van der Waals surface area contributed by atoms with Crippen LogP contribution in [0.15, 0.2) is 16.5 Å². The van der Waals surface area contributed by atoms with Crippen molar-refractivity contribution < 1.29 is 22.7 Å². The fraction of sp³-hybridized carbons (Fsp3) is 0.562. The highest BCUT2D eigenvalue weighted by molar-refractivity contribution is 5.78. The Hall–Kier alpha value is -1.60. The van der Waals surface area contributed by atoms with Crippen molar-refractivity contribution in [1.82, 2.24) is 10.3 Å². The summed E-state index contributed by atoms with van der Waals surface area (Å²) in [5.74, 6) is 0.209. The largest absolute Gasteiger partial charge is 0.440 e. The number of aromatic nitrogens is 1. The minimum absolute atomic E-state index is 0.0523. The Morgan fingerprint density at radius 1 is 1.35 bits per heavy atom. The lowest BCUT2D eigenvalue weighted by atomic mass is 9.89. The fourth-order valence-electron chi connectivity index (χ4n) is 2.64. The third kappa shape index (κ3) is 3.21. The van der Waals surface area contributed by atoms with Gasteiger partial charge in [-0.05, 0) is 30.5 Å². The van der Waals surface area contributed by atoms with Crippen molar-refractivity contribution in [1.29, 1.82) is 0 Å². The third-order valence-electron chi connectivity index (χ3n) is 4.17. The van der Waals surface area contributed by atoms with Crippen LogP contribution in [0.5, 0.6) is 0 Å². The Morgan fingerprint density at radius 2 is 2.09 bits per heavy atom. The number of nitrogens with zero attached hydrogens (tertiary/aromatic N) is 1. The van der Waals surface area contributed by atoms with E-state index in [0.717, 1.165) is 18.9 Å². The van der Waals surface area contributed by atoms with Crippen molar-refractivity contribution in [2.45, 2.75) is 57.5 Å². The van der Waals surface area contributed by atoms with E-state index in [9.17, 15) is 18.3 Å². The molecule has 2 N–H and O–H groups in total. The molecule has 0 spiro atoms. The fourth-order valence-corrected chi connectivity index (χ4v) is 2.64. The van der Waals surface area contributed by atoms with Crippen LogP contribution in [0.4, 0.5) is 13.2 Å². The molecule has 1 saturated carbocycles. The molecule has 1 aliphatic carbocycles. The molecule has 23 heavy (non-hydrogen) atoms. The molecule has 1 fully saturated rings. The van der Waals surface area contributed by atoms with E-state index in [1.165, 1.54) is 0 Å². The van der Waals surface area contributed by atoms with Crippen LogP contribution in [0.2, 0.25) is 0 Å². The number of alkyl halides is 3. The van der Waals surface area contributed by atoms with E-state index in [2.05, 4.69) is 10.3 Å². The number of aliphatic hydroxyl groups excluding tert-OH is 1. The molecule has 0 saturated heterocycles. The maximum atomic E-state index is 13.3. The highest BCUT2D eigenvalue weighted by atomic mass is 19.4. The standard InChI is InChI=1S/C16H19F3N2O2/c1-8(2)15-21-12-6-9(7-20-11-3-4-13(11)22)5-10(14(12)23-15)16(17,18)19/h5-6,8,11,13,20,22H,3-4,7H2,1-2H3/t11-,13+/m1/s1. The van der Waals surface area contributed by atoms with E-state index >= 15 is 0 Å². The smallest absolute Gasteiger partial charge is 0.420 e. The SMILES string of the molecule is CC(C)c1nc2cc(CN[C@@H]3CC[C@@H]3O)cc(C(F)(F)F)c2o1. The van der Waals surface area contributed by atoms with Crippen LogP contribution >= 0.6 is 0 Å². The quantitative estimate of drug-likeness (QED) is 0.901. The van der Waals surface area contributed by atoms with Crippen molar-refractivity contribution in [2.24, 2.45) is 0 Å². The number of hydrogen-bond acceptors (Lipinski definition) is 4. The van der Waals surface area contributed by atoms with Crippen molar-refractivity contribution in [3.63, 3.8) is 0 Å². The number of oxazole rings is 1. The van der Waals surface area contributed by atoms with Crippen molar-refractivity contribution in [2.75, 3.05) is 0 Å². The van der Waals surface area contributed by atoms with E-state index in [1.807, 2.05) is 13.8 Å². The van der Waals surface area contributed by atoms with E-state index < -0.39 is 17.8 Å². The summed E-state index contributed by atoms with van der Waals surface area (Å²) < 4.78 is 45.2. The van der Waals surface area contributed by atoms with Gasteiger partial charge in [0.2, 0.25) is 0 Å². The average molecular weight is 328 g/mol. The molecule has 1 aromatic heterocycles. The molecular weight excluding hydrogens is 309 g/mol. The van der Waals surface area contributed by atoms with Gasteiger partial charge >= 0.3 is 6.18 Å². The van der Waals surface area contributed by atoms with Gasteiger partial charge < -0.3 is 14.8 Å². The lowest BCUT2D eigenvalue weighted by Crippen LogP contribution is -2.47. The van der Waals surface area contributed by atoms with Gasteiger partial charge in [-0.2, -0.15) is 13.2 Å². The molecule has 3 rings (SSSR count). The highest BCUT2D eigenvalue weighted by Crippen LogP contribution is 2.37. The molecule has 4 nitrogen and oxygen atoms in total. The predicted octanol–water partition coefficient (Wildman–Crippen LogP) is 3.58. The lowest BCUT2D eigenvalue weighted by molar-refractivity contribution is -0.136. The van der Waals surface area contributed by atoms with Crippen molar-refractivity contribution in [3.8, 4) is 0 Å². The summed E-state index contributed by atoms with van der Waals surface area (Å²) in [6.45, 7) is 3.89. The molecule has 7 heteroatoms. The molecule has 0 amide bonds. The first kappa shape index (κ1) is 16.3. The minimum atomic E-state index is -4.50. The molecule has 1 aliphatic rings. The zero-order valence-corrected chi connectivity index (χ0v) is 12.9. The highest BCUT2D eigenvalue weighted by Gasteiger charge is 2.36. The monoisotopic (exact) mass is 328 g/mol. The summed E-state index contributed by atoms with van der Waals surface area (Å²) in [5.41, 5.74) is -0.323. The number of benzene rings is 1. The molecule has 1 heterocycles. The van der Waals surface area contributed by atoms with Crippen molar-refractivity contribution in [3.05, 3.63) is 29.2 Å². The van der Waals surface area contributed by atoms with Crippen LogP contribution in [0, 0.1) is 0 Å². The van der Waals surface area contributed by atoms with Crippen LogP contribution in [0.25, 0.3) is 11.1 Å². The zero-order valence-electron chi connectivity index (χ0n) is 12.9. The van der Waals surface area contributed by atoms with Gasteiger partial charge in [0, 0.05) is 18.5 Å². The number of rotatable bonds is 4. The van der Waals surface area contributed by atoms with Crippen LogP contribution in [0.3, 0.4) is 0 Å². The maximum Gasteiger partial charge on any atom is 0.420 e. The number of nitrogens with one attached hydrogen (secondary N) is 1. The molecule has 2 aromatic rings. The van der Waals surface area contributed by atoms with Gasteiger partial charge in [0.25, 0.3) is 0 Å². The maximum absolute atomic E-state index is 13.3. The van der Waals surface area contributed by atoms with Gasteiger partial charge in [-0.3, -0.25) is 0 Å². The second kappa shape index (κ2) is 5.79. The summed E-state index contributed by atoms with van der Waals surface area (Å²) in [6.07, 6.45) is -3.36. The summed E-state index contributed by atoms with van der Waals surface area (Å²) in [7, 11) is 0. The summed E-state index contributed by atoms with van der Waals surface area (Å²) in [6, 6.07) is 2.65. The summed E-state index contributed by atoms with van der Waals surface area (Å²) in [4.78, 5) is 4.18. The first-order chi connectivity index (χ1) is 10.8. The van der Waals surface area contributed by atoms with Crippen LogP contribution in [-0.4, -0.2) is 22.2 Å². The Labute approximate surface area is 131 Å². The molecule has 0 radical (unpaired) electrons. The topological polar surface area (TPSA) is 58.3 Å². The second-order valence-electron chi connectivity index (χ2n) is 6.33. The molecule has 2 atom stereocenters. The van der Waals surface area contributed by atoms with Gasteiger partial charge in [-0.25, -0.2) is 4.98 Å². The first-order valence-electron chi connectivity index (χ1n) is 7.67. The Kier molecular flexibility index (Phi) is 4.10. The van der Waals surface area contributed by atoms with E-state index in [0.29, 0.717) is 11.5 Å². The Balaban J connectivity index is 1.95. The van der Waals surface area contributed by atoms with Gasteiger partial charge in [0.1, 0.15) is 11.1 Å². The molecule has 126 valence electrons. The van der Waals surface area contributed by atoms with E-state index in [-0.39, 0.29) is 29.6 Å². The molecule has 0 unspecified atom stereocenters. The van der Waals surface area contributed by atoms with Gasteiger partial charge in [-0.1, -0.05) is 13.8 Å². The normalized spacial score (nSPS) is 21.9. The molecule has 0 bridgehead atoms. The summed E-state index contributed by atoms with van der Waals surface area (Å²) >= 11 is 0. The number of aliphatic hydroxyl groups is 1. The van der Waals surface area contributed by atoms with Crippen LogP contribution in [-0.2, 0) is 12.7 Å². The predicted molar refractivity (Wildman–Crippen MR) is 79.0 cm³/mol. The molecular formula is C16H19F3N2O2. The van der Waals surface area contributed by atoms with Crippen LogP contribution < -0.4 is 5.32 Å². The zero-order chi connectivity index (χ0) is 16.8. The molecule has 1 aromatic carbocycles. The number of halogens is 3. The number of fused-ring (bicyclic) bond motifs is 1. The molecule has 0 aliphatic heterocycles. The summed E-state index contributed by atoms with van der Waals surface area (Å²) in [5, 5.41) is 12.6. The minimum Gasteiger partial charge on any atom is -0.440 e. The average Bonchev–Trinajstić information content (AvgIpc) is 2.88. The third-order valence-corrected chi connectivity index (χ3v) is 4.17. The van der Waals surface area contributed by atoms with Crippen LogP contribution in [0.1, 0.15) is 49.6 Å². The van der Waals surface area contributed by atoms with Crippen molar-refractivity contribution >= 4 is 11.1 Å².